The number of hydrogen-bond acceptors (Lipinski definition) is 6. The number of aromatic carboxylic acids is 1. The van der Waals surface area contributed by atoms with E-state index in [0.29, 0.717) is 22.3 Å². The lowest BCUT2D eigenvalue weighted by molar-refractivity contribution is 0.0688. The number of nitrogens with zero attached hydrogens (tertiary/aromatic N) is 6. The van der Waals surface area contributed by atoms with Crippen LogP contribution in [0.5, 0.6) is 0 Å². The van der Waals surface area contributed by atoms with Crippen molar-refractivity contribution in [2.45, 2.75) is 25.3 Å². The van der Waals surface area contributed by atoms with Crippen molar-refractivity contribution in [1.29, 1.82) is 0 Å². The zero-order chi connectivity index (χ0) is 17.4. The van der Waals surface area contributed by atoms with Crippen LogP contribution in [-0.2, 0) is 6.54 Å². The first kappa shape index (κ1) is 15.6. The van der Waals surface area contributed by atoms with Gasteiger partial charge in [-0.05, 0) is 35.4 Å². The molecule has 1 fully saturated rings. The number of hydrogen-bond donors (Lipinski definition) is 1. The highest BCUT2D eigenvalue weighted by molar-refractivity contribution is 6.30. The number of carboxylic acids is 1. The van der Waals surface area contributed by atoms with Crippen LogP contribution < -0.4 is 0 Å². The molecule has 0 bridgehead atoms. The molecule has 0 unspecified atom stereocenters. The molecule has 2 heterocycles. The fourth-order valence-electron chi connectivity index (χ4n) is 2.58. The average Bonchev–Trinajstić information content (AvgIpc) is 3.35. The van der Waals surface area contributed by atoms with Crippen molar-refractivity contribution < 1.29 is 9.90 Å². The van der Waals surface area contributed by atoms with Gasteiger partial charge in [0.1, 0.15) is 0 Å². The molecule has 0 spiro atoms. The van der Waals surface area contributed by atoms with Crippen molar-refractivity contribution >= 4 is 17.6 Å². The lowest BCUT2D eigenvalue weighted by Crippen LogP contribution is -2.14. The molecule has 25 heavy (non-hydrogen) atoms. The molecule has 0 radical (unpaired) electrons. The van der Waals surface area contributed by atoms with Crippen LogP contribution in [0.2, 0.25) is 5.02 Å². The zero-order valence-corrected chi connectivity index (χ0v) is 13.8. The van der Waals surface area contributed by atoms with Gasteiger partial charge in [0.05, 0.1) is 24.1 Å². The summed E-state index contributed by atoms with van der Waals surface area (Å²) in [5, 5.41) is 21.7. The summed E-state index contributed by atoms with van der Waals surface area (Å²) in [7, 11) is 0. The van der Waals surface area contributed by atoms with Crippen molar-refractivity contribution in [3.05, 3.63) is 52.7 Å². The first-order valence-electron chi connectivity index (χ1n) is 7.73. The quantitative estimate of drug-likeness (QED) is 0.747. The highest BCUT2D eigenvalue weighted by Crippen LogP contribution is 2.38. The monoisotopic (exact) mass is 356 g/mol. The average molecular weight is 357 g/mol. The van der Waals surface area contributed by atoms with Crippen molar-refractivity contribution in [2.75, 3.05) is 0 Å². The zero-order valence-electron chi connectivity index (χ0n) is 13.0. The Labute approximate surface area is 147 Å². The molecule has 3 aromatic rings. The fraction of sp³-hybridized carbons (Fsp3) is 0.250. The van der Waals surface area contributed by atoms with Crippen LogP contribution in [0.3, 0.4) is 0 Å². The van der Waals surface area contributed by atoms with Crippen LogP contribution in [0.25, 0.3) is 11.3 Å². The van der Waals surface area contributed by atoms with Gasteiger partial charge >= 0.3 is 5.97 Å². The third-order valence-corrected chi connectivity index (χ3v) is 4.24. The van der Waals surface area contributed by atoms with E-state index in [-0.39, 0.29) is 12.2 Å². The maximum absolute atomic E-state index is 11.5. The predicted octanol–water partition coefficient (Wildman–Crippen LogP) is 2.41. The SMILES string of the molecule is O=C(O)c1ncc(-c2ccc(Cl)cc2)nc1Cn1nnnc1C1CC1. The number of benzene rings is 1. The van der Waals surface area contributed by atoms with Gasteiger partial charge in [0.15, 0.2) is 11.5 Å². The van der Waals surface area contributed by atoms with E-state index in [4.69, 9.17) is 11.6 Å². The van der Waals surface area contributed by atoms with E-state index in [0.717, 1.165) is 24.2 Å². The first-order valence-corrected chi connectivity index (χ1v) is 8.11. The minimum atomic E-state index is -1.13. The van der Waals surface area contributed by atoms with Gasteiger partial charge in [0, 0.05) is 16.5 Å². The summed E-state index contributed by atoms with van der Waals surface area (Å²) < 4.78 is 1.60. The van der Waals surface area contributed by atoms with E-state index in [9.17, 15) is 9.90 Å². The lowest BCUT2D eigenvalue weighted by atomic mass is 10.1. The molecule has 2 aromatic heterocycles. The highest BCUT2D eigenvalue weighted by atomic mass is 35.5. The molecule has 1 N–H and O–H groups in total. The highest BCUT2D eigenvalue weighted by Gasteiger charge is 2.30. The van der Waals surface area contributed by atoms with Gasteiger partial charge in [-0.1, -0.05) is 23.7 Å². The molecule has 9 heteroatoms. The number of carbonyl (C=O) groups is 1. The topological polar surface area (TPSA) is 107 Å². The Morgan fingerprint density at radius 2 is 2.04 bits per heavy atom. The van der Waals surface area contributed by atoms with Gasteiger partial charge in [-0.15, -0.1) is 5.10 Å². The van der Waals surface area contributed by atoms with Crippen LogP contribution in [0.4, 0.5) is 0 Å². The minimum absolute atomic E-state index is 0.102. The van der Waals surface area contributed by atoms with E-state index in [2.05, 4.69) is 25.5 Å². The summed E-state index contributed by atoms with van der Waals surface area (Å²) in [6.07, 6.45) is 3.53. The molecule has 4 rings (SSSR count). The summed E-state index contributed by atoms with van der Waals surface area (Å²) in [4.78, 5) is 20.1. The molecule has 0 saturated heterocycles. The Balaban J connectivity index is 1.73. The van der Waals surface area contributed by atoms with E-state index in [1.165, 1.54) is 6.20 Å². The van der Waals surface area contributed by atoms with E-state index in [1.807, 2.05) is 12.1 Å². The smallest absolute Gasteiger partial charge is 0.356 e. The number of carboxylic acid groups (broad SMARTS) is 1. The third kappa shape index (κ3) is 3.20. The number of tetrazole rings is 1. The maximum Gasteiger partial charge on any atom is 0.356 e. The molecule has 1 aromatic carbocycles. The second kappa shape index (κ2) is 6.21. The Bertz CT molecular complexity index is 936. The molecule has 0 atom stereocenters. The summed E-state index contributed by atoms with van der Waals surface area (Å²) in [5.41, 5.74) is 1.58. The second-order valence-corrected chi connectivity index (χ2v) is 6.27. The van der Waals surface area contributed by atoms with E-state index < -0.39 is 5.97 Å². The predicted molar refractivity (Wildman–Crippen MR) is 88.3 cm³/mol. The van der Waals surface area contributed by atoms with Crippen molar-refractivity contribution in [3.63, 3.8) is 0 Å². The largest absolute Gasteiger partial charge is 0.476 e. The normalized spacial score (nSPS) is 13.8. The summed E-state index contributed by atoms with van der Waals surface area (Å²) >= 11 is 5.91. The molecule has 8 nitrogen and oxygen atoms in total. The van der Waals surface area contributed by atoms with Crippen molar-refractivity contribution in [2.24, 2.45) is 0 Å². The molecule has 1 aliphatic rings. The van der Waals surface area contributed by atoms with Gasteiger partial charge in [0.25, 0.3) is 0 Å². The van der Waals surface area contributed by atoms with Gasteiger partial charge in [-0.25, -0.2) is 19.4 Å². The third-order valence-electron chi connectivity index (χ3n) is 3.99. The Kier molecular flexibility index (Phi) is 3.89. The number of halogens is 1. The molecule has 126 valence electrons. The van der Waals surface area contributed by atoms with E-state index >= 15 is 0 Å². The standard InChI is InChI=1S/C16H13ClN6O2/c17-11-5-3-9(4-6-11)12-7-18-14(16(24)25)13(19-12)8-23-15(10-1-2-10)20-21-22-23/h3-7,10H,1-2,8H2,(H,24,25). The second-order valence-electron chi connectivity index (χ2n) is 5.83. The van der Waals surface area contributed by atoms with Crippen LogP contribution in [0.1, 0.15) is 40.8 Å². The van der Waals surface area contributed by atoms with Gasteiger partial charge in [0.2, 0.25) is 0 Å². The number of aromatic nitrogens is 6. The van der Waals surface area contributed by atoms with Crippen LogP contribution in [0, 0.1) is 0 Å². The Morgan fingerprint density at radius 1 is 1.28 bits per heavy atom. The minimum Gasteiger partial charge on any atom is -0.476 e. The van der Waals surface area contributed by atoms with Crippen LogP contribution in [-0.4, -0.2) is 41.3 Å². The van der Waals surface area contributed by atoms with Gasteiger partial charge in [-0.3, -0.25) is 0 Å². The molecule has 1 aliphatic carbocycles. The Hall–Kier alpha value is -2.87. The molecule has 1 saturated carbocycles. The van der Waals surface area contributed by atoms with Crippen LogP contribution >= 0.6 is 11.6 Å². The van der Waals surface area contributed by atoms with E-state index in [1.54, 1.807) is 16.8 Å². The summed E-state index contributed by atoms with van der Waals surface area (Å²) in [6, 6.07) is 7.11. The molecular weight excluding hydrogens is 344 g/mol. The summed E-state index contributed by atoms with van der Waals surface area (Å²) in [6.45, 7) is 0.162. The fourth-order valence-corrected chi connectivity index (χ4v) is 2.70. The lowest BCUT2D eigenvalue weighted by Gasteiger charge is -2.09. The Morgan fingerprint density at radius 3 is 2.72 bits per heavy atom. The first-order chi connectivity index (χ1) is 12.1. The molecular formula is C16H13ClN6O2. The number of rotatable bonds is 5. The molecule has 0 aliphatic heterocycles. The maximum atomic E-state index is 11.5. The van der Waals surface area contributed by atoms with Gasteiger partial charge in [-0.2, -0.15) is 0 Å². The van der Waals surface area contributed by atoms with Crippen molar-refractivity contribution in [3.8, 4) is 11.3 Å². The van der Waals surface area contributed by atoms with Crippen molar-refractivity contribution in [1.82, 2.24) is 30.2 Å². The molecule has 0 amide bonds. The summed E-state index contributed by atoms with van der Waals surface area (Å²) in [5.74, 6) is -0.0306. The van der Waals surface area contributed by atoms with Gasteiger partial charge < -0.3 is 5.11 Å². The van der Waals surface area contributed by atoms with Crippen LogP contribution in [0.15, 0.2) is 30.5 Å².